The Balaban J connectivity index is 0.000000165. The highest BCUT2D eigenvalue weighted by molar-refractivity contribution is 7.99. The molecule has 6 aromatic rings. The molecule has 2 heterocycles. The zero-order valence-corrected chi connectivity index (χ0v) is 24.9. The van der Waals surface area contributed by atoms with Crippen LogP contribution in [-0.4, -0.2) is 19.9 Å². The maximum atomic E-state index is 12.9. The Labute approximate surface area is 262 Å². The summed E-state index contributed by atoms with van der Waals surface area (Å²) in [6, 6.07) is 35.3. The number of nitrogens with two attached hydrogens (primary N) is 2. The Morgan fingerprint density at radius 1 is 0.581 bits per heavy atom. The molecule has 6 rings (SSSR count). The van der Waals surface area contributed by atoms with Crippen molar-refractivity contribution in [2.24, 2.45) is 0 Å². The van der Waals surface area contributed by atoms with E-state index in [2.05, 4.69) is 32.6 Å². The fraction of sp³-hybridized carbons (Fsp3) is 0. The first-order valence-electron chi connectivity index (χ1n) is 12.7. The highest BCUT2D eigenvalue weighted by Crippen LogP contribution is 2.29. The lowest BCUT2D eigenvalue weighted by Gasteiger charge is -2.06. The Morgan fingerprint density at radius 3 is 1.53 bits per heavy atom. The van der Waals surface area contributed by atoms with Crippen molar-refractivity contribution in [1.29, 1.82) is 0 Å². The lowest BCUT2D eigenvalue weighted by molar-refractivity contribution is 0.626. The van der Waals surface area contributed by atoms with Crippen LogP contribution in [0.25, 0.3) is 22.5 Å². The standard InChI is InChI=1S/C16H12FN3S.C10H8ClN3.C6H5FS/c17-12-6-8-13(9-7-12)21-15-10-14(19-16(18)20-15)11-4-2-1-3-5-11;11-9-6-8(13-10(12)14-9)7-4-2-1-3-5-7;7-5-1-3-6(8)4-2-5/h1-10H,(H2,18,19,20);1-6H,(H2,12,13,14);1-4,8H. The number of anilines is 2. The Hall–Kier alpha value is -4.51. The van der Waals surface area contributed by atoms with Crippen molar-refractivity contribution < 1.29 is 8.78 Å². The van der Waals surface area contributed by atoms with E-state index in [1.807, 2.05) is 66.7 Å². The number of rotatable bonds is 4. The molecular weight excluding hydrogens is 606 g/mol. The van der Waals surface area contributed by atoms with Crippen LogP contribution < -0.4 is 11.5 Å². The first-order valence-corrected chi connectivity index (χ1v) is 14.3. The number of nitrogen functional groups attached to an aromatic ring is 2. The second kappa shape index (κ2) is 15.6. The number of nitrogens with zero attached hydrogens (tertiary/aromatic N) is 4. The molecule has 0 bridgehead atoms. The smallest absolute Gasteiger partial charge is 0.221 e. The van der Waals surface area contributed by atoms with Crippen molar-refractivity contribution in [3.05, 3.63) is 138 Å². The number of halogens is 3. The molecule has 0 unspecified atom stereocenters. The van der Waals surface area contributed by atoms with Crippen LogP contribution in [0.15, 0.2) is 136 Å². The Kier molecular flexibility index (Phi) is 11.4. The third-order valence-electron chi connectivity index (χ3n) is 5.43. The van der Waals surface area contributed by atoms with E-state index in [0.717, 1.165) is 37.3 Å². The second-order valence-corrected chi connectivity index (χ2v) is 10.6. The topological polar surface area (TPSA) is 104 Å². The molecule has 0 saturated heterocycles. The largest absolute Gasteiger partial charge is 0.368 e. The van der Waals surface area contributed by atoms with E-state index in [0.29, 0.717) is 5.15 Å². The number of aromatic nitrogens is 4. The monoisotopic (exact) mass is 630 g/mol. The van der Waals surface area contributed by atoms with E-state index in [-0.39, 0.29) is 23.5 Å². The van der Waals surface area contributed by atoms with Gasteiger partial charge in [0.2, 0.25) is 11.9 Å². The van der Waals surface area contributed by atoms with E-state index in [1.165, 1.54) is 36.0 Å². The van der Waals surface area contributed by atoms with E-state index < -0.39 is 0 Å². The molecule has 0 saturated carbocycles. The highest BCUT2D eigenvalue weighted by Gasteiger charge is 2.07. The molecule has 0 amide bonds. The molecule has 6 nitrogen and oxygen atoms in total. The van der Waals surface area contributed by atoms with E-state index in [9.17, 15) is 8.78 Å². The summed E-state index contributed by atoms with van der Waals surface area (Å²) in [6.07, 6.45) is 0. The van der Waals surface area contributed by atoms with Gasteiger partial charge in [0.1, 0.15) is 21.8 Å². The predicted octanol–water partition coefficient (Wildman–Crippen LogP) is 8.51. The summed E-state index contributed by atoms with van der Waals surface area (Å²) in [7, 11) is 0. The van der Waals surface area contributed by atoms with Crippen LogP contribution in [-0.2, 0) is 0 Å². The van der Waals surface area contributed by atoms with Crippen molar-refractivity contribution >= 4 is 47.9 Å². The van der Waals surface area contributed by atoms with Crippen molar-refractivity contribution in [2.45, 2.75) is 14.8 Å². The lowest BCUT2D eigenvalue weighted by Crippen LogP contribution is -1.97. The van der Waals surface area contributed by atoms with Gasteiger partial charge in [-0.1, -0.05) is 84.0 Å². The molecule has 4 N–H and O–H groups in total. The van der Waals surface area contributed by atoms with Crippen LogP contribution in [0.4, 0.5) is 20.7 Å². The minimum absolute atomic E-state index is 0.191. The fourth-order valence-electron chi connectivity index (χ4n) is 3.51. The number of benzene rings is 4. The molecule has 4 aromatic carbocycles. The van der Waals surface area contributed by atoms with Gasteiger partial charge in [-0.25, -0.2) is 28.7 Å². The average molecular weight is 631 g/mol. The zero-order chi connectivity index (χ0) is 30.6. The Morgan fingerprint density at radius 2 is 1.05 bits per heavy atom. The zero-order valence-electron chi connectivity index (χ0n) is 22.5. The lowest BCUT2D eigenvalue weighted by atomic mass is 10.1. The number of hydrogen-bond donors (Lipinski definition) is 3. The summed E-state index contributed by atoms with van der Waals surface area (Å²) in [5.41, 5.74) is 14.7. The van der Waals surface area contributed by atoms with Gasteiger partial charge < -0.3 is 11.5 Å². The summed E-state index contributed by atoms with van der Waals surface area (Å²) in [4.78, 5) is 18.0. The van der Waals surface area contributed by atoms with Gasteiger partial charge in [-0.3, -0.25) is 0 Å². The van der Waals surface area contributed by atoms with E-state index in [4.69, 9.17) is 23.1 Å². The minimum Gasteiger partial charge on any atom is -0.368 e. The van der Waals surface area contributed by atoms with Gasteiger partial charge in [-0.15, -0.1) is 12.6 Å². The van der Waals surface area contributed by atoms with Crippen LogP contribution >= 0.6 is 36.0 Å². The van der Waals surface area contributed by atoms with Crippen LogP contribution in [0.2, 0.25) is 5.15 Å². The molecule has 0 atom stereocenters. The molecule has 2 aromatic heterocycles. The van der Waals surface area contributed by atoms with Crippen molar-refractivity contribution in [3.8, 4) is 22.5 Å². The fourth-order valence-corrected chi connectivity index (χ4v) is 4.67. The predicted molar refractivity (Wildman–Crippen MR) is 173 cm³/mol. The summed E-state index contributed by atoms with van der Waals surface area (Å²) < 4.78 is 25.0. The maximum Gasteiger partial charge on any atom is 0.221 e. The summed E-state index contributed by atoms with van der Waals surface area (Å²) in [5.74, 6) is -0.0633. The number of thiol groups is 1. The van der Waals surface area contributed by atoms with Gasteiger partial charge in [0.05, 0.1) is 11.4 Å². The van der Waals surface area contributed by atoms with Crippen LogP contribution in [0.3, 0.4) is 0 Å². The van der Waals surface area contributed by atoms with Gasteiger partial charge >= 0.3 is 0 Å². The number of hydrogen-bond acceptors (Lipinski definition) is 8. The van der Waals surface area contributed by atoms with Crippen molar-refractivity contribution in [2.75, 3.05) is 11.5 Å². The van der Waals surface area contributed by atoms with Crippen molar-refractivity contribution in [1.82, 2.24) is 19.9 Å². The molecule has 0 aliphatic rings. The van der Waals surface area contributed by atoms with Crippen molar-refractivity contribution in [3.63, 3.8) is 0 Å². The molecular formula is C32H25ClF2N6S2. The van der Waals surface area contributed by atoms with Gasteiger partial charge in [0, 0.05) is 27.0 Å². The van der Waals surface area contributed by atoms with Gasteiger partial charge in [-0.05, 0) is 54.6 Å². The molecule has 0 fully saturated rings. The molecule has 43 heavy (non-hydrogen) atoms. The maximum absolute atomic E-state index is 12.9. The molecule has 0 spiro atoms. The quantitative estimate of drug-likeness (QED) is 0.132. The van der Waals surface area contributed by atoms with Gasteiger partial charge in [0.15, 0.2) is 0 Å². The summed E-state index contributed by atoms with van der Waals surface area (Å²) in [6.45, 7) is 0. The third kappa shape index (κ3) is 10.4. The summed E-state index contributed by atoms with van der Waals surface area (Å²) in [5, 5.41) is 1.09. The highest BCUT2D eigenvalue weighted by atomic mass is 35.5. The molecule has 11 heteroatoms. The SMILES string of the molecule is Fc1ccc(S)cc1.Nc1nc(Cl)cc(-c2ccccc2)n1.Nc1nc(Sc2ccc(F)cc2)cc(-c2ccccc2)n1. The average Bonchev–Trinajstić information content (AvgIpc) is 3.01. The first-order chi connectivity index (χ1) is 20.7. The first kappa shape index (κ1) is 31.4. The van der Waals surface area contributed by atoms with Gasteiger partial charge in [0.25, 0.3) is 0 Å². The molecule has 0 aliphatic carbocycles. The Bertz CT molecular complexity index is 1700. The van der Waals surface area contributed by atoms with Crippen LogP contribution in [0.1, 0.15) is 0 Å². The molecule has 0 aliphatic heterocycles. The normalized spacial score (nSPS) is 10.1. The molecule has 0 radical (unpaired) electrons. The minimum atomic E-state index is -0.258. The third-order valence-corrected chi connectivity index (χ3v) is 6.85. The second-order valence-electron chi connectivity index (χ2n) is 8.65. The van der Waals surface area contributed by atoms with E-state index >= 15 is 0 Å². The van der Waals surface area contributed by atoms with E-state index in [1.54, 1.807) is 30.3 Å². The van der Waals surface area contributed by atoms with Crippen LogP contribution in [0, 0.1) is 11.6 Å². The molecule has 216 valence electrons. The van der Waals surface area contributed by atoms with Gasteiger partial charge in [-0.2, -0.15) is 0 Å². The van der Waals surface area contributed by atoms with Crippen LogP contribution in [0.5, 0.6) is 0 Å². The summed E-state index contributed by atoms with van der Waals surface area (Å²) >= 11 is 11.2.